The van der Waals surface area contributed by atoms with Crippen LogP contribution in [0.1, 0.15) is 5.56 Å². The third kappa shape index (κ3) is 2.21. The van der Waals surface area contributed by atoms with Crippen molar-refractivity contribution in [3.05, 3.63) is 34.9 Å². The largest absolute Gasteiger partial charge is 0.416 e. The Labute approximate surface area is 99.0 Å². The molecule has 2 rings (SSSR count). The van der Waals surface area contributed by atoms with Gasteiger partial charge in [0.2, 0.25) is 0 Å². The number of nitrogens with two attached hydrogens (primary N) is 1. The van der Waals surface area contributed by atoms with Gasteiger partial charge in [0, 0.05) is 5.56 Å². The first-order valence-electron chi connectivity index (χ1n) is 4.48. The Morgan fingerprint density at radius 3 is 2.53 bits per heavy atom. The topological polar surface area (TPSA) is 52.0 Å². The second-order valence-corrected chi connectivity index (χ2v) is 3.67. The molecule has 1 heterocycles. The second kappa shape index (κ2) is 3.96. The Morgan fingerprint density at radius 2 is 2.00 bits per heavy atom. The van der Waals surface area contributed by atoms with Crippen molar-refractivity contribution in [2.24, 2.45) is 0 Å². The van der Waals surface area contributed by atoms with Crippen LogP contribution in [0.15, 0.2) is 28.8 Å². The highest BCUT2D eigenvalue weighted by atomic mass is 35.5. The van der Waals surface area contributed by atoms with E-state index in [2.05, 4.69) is 5.16 Å². The number of hydrogen-bond acceptors (Lipinski definition) is 3. The predicted molar refractivity (Wildman–Crippen MR) is 56.4 cm³/mol. The first-order chi connectivity index (χ1) is 7.89. The fourth-order valence-electron chi connectivity index (χ4n) is 1.31. The minimum atomic E-state index is -4.42. The van der Waals surface area contributed by atoms with E-state index < -0.39 is 11.7 Å². The predicted octanol–water partition coefficient (Wildman–Crippen LogP) is 3.60. The van der Waals surface area contributed by atoms with Crippen molar-refractivity contribution < 1.29 is 17.7 Å². The molecule has 17 heavy (non-hydrogen) atoms. The van der Waals surface area contributed by atoms with Crippen molar-refractivity contribution in [1.82, 2.24) is 5.16 Å². The summed E-state index contributed by atoms with van der Waals surface area (Å²) in [6.45, 7) is 0. The minimum absolute atomic E-state index is 0.00400. The zero-order chi connectivity index (χ0) is 12.6. The number of aromatic nitrogens is 1. The van der Waals surface area contributed by atoms with Crippen molar-refractivity contribution in [3.8, 4) is 11.3 Å². The van der Waals surface area contributed by atoms with Gasteiger partial charge >= 0.3 is 6.18 Å². The molecule has 0 saturated heterocycles. The van der Waals surface area contributed by atoms with Crippen LogP contribution in [0, 0.1) is 0 Å². The van der Waals surface area contributed by atoms with Crippen LogP contribution in [0.2, 0.25) is 5.02 Å². The second-order valence-electron chi connectivity index (χ2n) is 3.29. The third-order valence-corrected chi connectivity index (χ3v) is 2.48. The molecule has 1 aromatic heterocycles. The first kappa shape index (κ1) is 11.8. The number of halogens is 4. The number of nitrogens with zero attached hydrogens (tertiary/aromatic N) is 1. The molecular formula is C10H6ClF3N2O. The van der Waals surface area contributed by atoms with Gasteiger partial charge < -0.3 is 10.3 Å². The molecule has 0 amide bonds. The van der Waals surface area contributed by atoms with E-state index in [1.165, 1.54) is 12.1 Å². The molecule has 0 fully saturated rings. The van der Waals surface area contributed by atoms with E-state index in [0.717, 1.165) is 12.1 Å². The fraction of sp³-hybridized carbons (Fsp3) is 0.100. The molecule has 0 saturated carbocycles. The summed E-state index contributed by atoms with van der Waals surface area (Å²) >= 11 is 5.75. The molecule has 2 N–H and O–H groups in total. The molecule has 3 nitrogen and oxygen atoms in total. The average Bonchev–Trinajstić information content (AvgIpc) is 2.59. The molecule has 2 aromatic rings. The molecule has 0 aliphatic rings. The Morgan fingerprint density at radius 1 is 1.29 bits per heavy atom. The van der Waals surface area contributed by atoms with Crippen LogP contribution in [0.3, 0.4) is 0 Å². The highest BCUT2D eigenvalue weighted by Crippen LogP contribution is 2.36. The van der Waals surface area contributed by atoms with Gasteiger partial charge in [0.25, 0.3) is 0 Å². The van der Waals surface area contributed by atoms with Crippen molar-refractivity contribution in [2.45, 2.75) is 6.18 Å². The normalized spacial score (nSPS) is 11.8. The maximum Gasteiger partial charge on any atom is 0.416 e. The van der Waals surface area contributed by atoms with E-state index >= 15 is 0 Å². The molecule has 0 spiro atoms. The highest BCUT2D eigenvalue weighted by molar-refractivity contribution is 6.35. The summed E-state index contributed by atoms with van der Waals surface area (Å²) in [5.41, 5.74) is 4.73. The summed E-state index contributed by atoms with van der Waals surface area (Å²) in [6.07, 6.45) is -4.42. The lowest BCUT2D eigenvalue weighted by Crippen LogP contribution is -2.04. The van der Waals surface area contributed by atoms with Gasteiger partial charge in [-0.3, -0.25) is 0 Å². The van der Waals surface area contributed by atoms with Crippen LogP contribution in [-0.4, -0.2) is 5.16 Å². The summed E-state index contributed by atoms with van der Waals surface area (Å²) in [7, 11) is 0. The van der Waals surface area contributed by atoms with E-state index in [1.807, 2.05) is 0 Å². The first-order valence-corrected chi connectivity index (χ1v) is 4.85. The summed E-state index contributed by atoms with van der Waals surface area (Å²) in [5.74, 6) is -0.0330. The summed E-state index contributed by atoms with van der Waals surface area (Å²) in [6, 6.07) is 4.57. The quantitative estimate of drug-likeness (QED) is 0.854. The molecule has 90 valence electrons. The Bertz CT molecular complexity index is 551. The molecule has 0 atom stereocenters. The zero-order valence-electron chi connectivity index (χ0n) is 8.25. The van der Waals surface area contributed by atoms with E-state index in [1.54, 1.807) is 0 Å². The zero-order valence-corrected chi connectivity index (χ0v) is 9.01. The van der Waals surface area contributed by atoms with Crippen LogP contribution in [0.5, 0.6) is 0 Å². The van der Waals surface area contributed by atoms with Crippen molar-refractivity contribution >= 4 is 17.4 Å². The molecule has 7 heteroatoms. The lowest BCUT2D eigenvalue weighted by Gasteiger charge is -2.07. The standard InChI is InChI=1S/C10H6ClF3N2O/c11-7-8(17-16-9(7)15)5-2-1-3-6(4-5)10(12,13)14/h1-4H,(H2,15,16). The maximum absolute atomic E-state index is 12.5. The van der Waals surface area contributed by atoms with Crippen molar-refractivity contribution in [3.63, 3.8) is 0 Å². The van der Waals surface area contributed by atoms with Gasteiger partial charge in [0.1, 0.15) is 5.02 Å². The van der Waals surface area contributed by atoms with Crippen molar-refractivity contribution in [1.29, 1.82) is 0 Å². The van der Waals surface area contributed by atoms with Crippen LogP contribution in [-0.2, 0) is 6.18 Å². The number of hydrogen-bond donors (Lipinski definition) is 1. The maximum atomic E-state index is 12.5. The highest BCUT2D eigenvalue weighted by Gasteiger charge is 2.31. The monoisotopic (exact) mass is 262 g/mol. The van der Waals surface area contributed by atoms with Gasteiger partial charge in [-0.2, -0.15) is 13.2 Å². The Balaban J connectivity index is 2.51. The molecule has 0 unspecified atom stereocenters. The lowest BCUT2D eigenvalue weighted by atomic mass is 10.1. The summed E-state index contributed by atoms with van der Waals surface area (Å²) in [5, 5.41) is 3.38. The van der Waals surface area contributed by atoms with E-state index in [4.69, 9.17) is 21.9 Å². The Kier molecular flexibility index (Phi) is 2.74. The Hall–Kier alpha value is -1.69. The van der Waals surface area contributed by atoms with E-state index in [9.17, 15) is 13.2 Å². The van der Waals surface area contributed by atoms with Gasteiger partial charge in [-0.15, -0.1) is 0 Å². The lowest BCUT2D eigenvalue weighted by molar-refractivity contribution is -0.137. The molecule has 0 radical (unpaired) electrons. The molecular weight excluding hydrogens is 257 g/mol. The average molecular weight is 263 g/mol. The number of alkyl halides is 3. The van der Waals surface area contributed by atoms with E-state index in [0.29, 0.717) is 0 Å². The number of rotatable bonds is 1. The van der Waals surface area contributed by atoms with Gasteiger partial charge in [0.05, 0.1) is 5.56 Å². The SMILES string of the molecule is Nc1noc(-c2cccc(C(F)(F)F)c2)c1Cl. The number of benzene rings is 1. The molecule has 0 aliphatic heterocycles. The van der Waals surface area contributed by atoms with Crippen LogP contribution in [0.4, 0.5) is 19.0 Å². The summed E-state index contributed by atoms with van der Waals surface area (Å²) in [4.78, 5) is 0. The van der Waals surface area contributed by atoms with Crippen LogP contribution >= 0.6 is 11.6 Å². The minimum Gasteiger partial charge on any atom is -0.380 e. The summed E-state index contributed by atoms with van der Waals surface area (Å²) < 4.78 is 42.2. The third-order valence-electron chi connectivity index (χ3n) is 2.11. The molecule has 1 aromatic carbocycles. The van der Waals surface area contributed by atoms with Crippen LogP contribution < -0.4 is 5.73 Å². The fourth-order valence-corrected chi connectivity index (χ4v) is 1.49. The van der Waals surface area contributed by atoms with Crippen LogP contribution in [0.25, 0.3) is 11.3 Å². The van der Waals surface area contributed by atoms with Gasteiger partial charge in [0.15, 0.2) is 11.6 Å². The molecule has 0 aliphatic carbocycles. The van der Waals surface area contributed by atoms with E-state index in [-0.39, 0.29) is 22.2 Å². The van der Waals surface area contributed by atoms with Gasteiger partial charge in [-0.25, -0.2) is 0 Å². The smallest absolute Gasteiger partial charge is 0.380 e. The van der Waals surface area contributed by atoms with Gasteiger partial charge in [-0.05, 0) is 12.1 Å². The number of anilines is 1. The van der Waals surface area contributed by atoms with Gasteiger partial charge in [-0.1, -0.05) is 28.9 Å². The molecule has 0 bridgehead atoms. The van der Waals surface area contributed by atoms with Crippen molar-refractivity contribution in [2.75, 3.05) is 5.73 Å². The number of nitrogen functional groups attached to an aromatic ring is 1.